The Morgan fingerprint density at radius 2 is 1.96 bits per heavy atom. The van der Waals surface area contributed by atoms with Gasteiger partial charge in [0.05, 0.1) is 24.7 Å². The van der Waals surface area contributed by atoms with Crippen LogP contribution in [0.15, 0.2) is 35.5 Å². The quantitative estimate of drug-likeness (QED) is 0.329. The zero-order chi connectivity index (χ0) is 19.9. The summed E-state index contributed by atoms with van der Waals surface area (Å²) in [7, 11) is 0. The molecule has 2 unspecified atom stereocenters. The van der Waals surface area contributed by atoms with Crippen LogP contribution in [0.2, 0.25) is 0 Å². The summed E-state index contributed by atoms with van der Waals surface area (Å²) in [5.41, 5.74) is 0.586. The van der Waals surface area contributed by atoms with Gasteiger partial charge in [0.15, 0.2) is 0 Å². The average Bonchev–Trinajstić information content (AvgIpc) is 3.16. The first-order valence-electron chi connectivity index (χ1n) is 9.10. The van der Waals surface area contributed by atoms with Crippen LogP contribution in [0.1, 0.15) is 33.6 Å². The van der Waals surface area contributed by atoms with E-state index in [0.717, 1.165) is 11.1 Å². The molecular formula is C20H26O7. The average molecular weight is 378 g/mol. The number of fused-ring (bicyclic) bond motifs is 1. The van der Waals surface area contributed by atoms with Gasteiger partial charge >= 0.3 is 11.9 Å². The van der Waals surface area contributed by atoms with Crippen molar-refractivity contribution in [1.82, 2.24) is 0 Å². The van der Waals surface area contributed by atoms with Crippen molar-refractivity contribution in [1.29, 1.82) is 0 Å². The normalized spacial score (nSPS) is 42.9. The molecule has 7 heteroatoms. The van der Waals surface area contributed by atoms with Gasteiger partial charge in [-0.3, -0.25) is 0 Å². The number of carbonyl (C=O) groups is 2. The van der Waals surface area contributed by atoms with Gasteiger partial charge in [0.2, 0.25) is 5.60 Å². The molecule has 3 rings (SSSR count). The number of ether oxygens (including phenoxy) is 3. The molecule has 2 aliphatic heterocycles. The molecule has 0 bridgehead atoms. The van der Waals surface area contributed by atoms with Crippen molar-refractivity contribution in [3.8, 4) is 0 Å². The first-order valence-corrected chi connectivity index (χ1v) is 9.10. The van der Waals surface area contributed by atoms with Crippen molar-refractivity contribution in [2.45, 2.75) is 63.6 Å². The summed E-state index contributed by atoms with van der Waals surface area (Å²) >= 11 is 0. The van der Waals surface area contributed by atoms with E-state index in [4.69, 9.17) is 14.2 Å². The number of aliphatic hydroxyl groups is 2. The van der Waals surface area contributed by atoms with Crippen LogP contribution in [0.3, 0.4) is 0 Å². The molecule has 2 saturated heterocycles. The fraction of sp³-hybridized carbons (Fsp3) is 0.600. The maximum atomic E-state index is 12.7. The van der Waals surface area contributed by atoms with Crippen LogP contribution in [0.5, 0.6) is 0 Å². The predicted molar refractivity (Wildman–Crippen MR) is 95.5 cm³/mol. The maximum absolute atomic E-state index is 12.7. The van der Waals surface area contributed by atoms with Gasteiger partial charge in [-0.1, -0.05) is 23.8 Å². The zero-order valence-corrected chi connectivity index (χ0v) is 15.8. The second-order valence-electron chi connectivity index (χ2n) is 7.67. The summed E-state index contributed by atoms with van der Waals surface area (Å²) in [6.45, 7) is 8.72. The molecule has 0 amide bonds. The highest BCUT2D eigenvalue weighted by atomic mass is 16.7. The molecule has 3 aliphatic rings. The molecule has 27 heavy (non-hydrogen) atoms. The van der Waals surface area contributed by atoms with E-state index in [0.29, 0.717) is 12.8 Å². The molecule has 0 spiro atoms. The predicted octanol–water partition coefficient (Wildman–Crippen LogP) is 1.19. The summed E-state index contributed by atoms with van der Waals surface area (Å²) in [6, 6.07) is 0. The third-order valence-electron chi connectivity index (χ3n) is 5.47. The summed E-state index contributed by atoms with van der Waals surface area (Å²) in [4.78, 5) is 24.8. The fourth-order valence-corrected chi connectivity index (χ4v) is 3.84. The van der Waals surface area contributed by atoms with Gasteiger partial charge in [-0.2, -0.15) is 0 Å². The lowest BCUT2D eigenvalue weighted by Crippen LogP contribution is -2.40. The number of esters is 2. The third-order valence-corrected chi connectivity index (χ3v) is 5.47. The van der Waals surface area contributed by atoms with E-state index in [1.165, 1.54) is 0 Å². The first-order chi connectivity index (χ1) is 12.7. The Bertz CT molecular complexity index is 718. The van der Waals surface area contributed by atoms with Gasteiger partial charge in [0, 0.05) is 12.0 Å². The molecule has 2 N–H and O–H groups in total. The molecule has 0 radical (unpaired) electrons. The van der Waals surface area contributed by atoms with Gasteiger partial charge < -0.3 is 24.4 Å². The van der Waals surface area contributed by atoms with Crippen molar-refractivity contribution < 1.29 is 34.0 Å². The highest BCUT2D eigenvalue weighted by Gasteiger charge is 2.62. The molecule has 1 aliphatic carbocycles. The molecule has 0 aromatic heterocycles. The molecule has 148 valence electrons. The van der Waals surface area contributed by atoms with E-state index in [1.807, 2.05) is 13.8 Å². The molecule has 0 aromatic carbocycles. The Morgan fingerprint density at radius 1 is 1.33 bits per heavy atom. The van der Waals surface area contributed by atoms with Crippen LogP contribution in [0.25, 0.3) is 0 Å². The second-order valence-corrected chi connectivity index (χ2v) is 7.67. The smallest absolute Gasteiger partial charge is 0.343 e. The van der Waals surface area contributed by atoms with Crippen LogP contribution in [0, 0.1) is 5.92 Å². The van der Waals surface area contributed by atoms with E-state index in [-0.39, 0.29) is 5.57 Å². The Balaban J connectivity index is 1.93. The van der Waals surface area contributed by atoms with Gasteiger partial charge in [-0.15, -0.1) is 0 Å². The third kappa shape index (κ3) is 3.72. The highest BCUT2D eigenvalue weighted by molar-refractivity contribution is 5.91. The monoisotopic (exact) mass is 378 g/mol. The summed E-state index contributed by atoms with van der Waals surface area (Å²) in [5.74, 6) is -1.73. The van der Waals surface area contributed by atoms with Crippen molar-refractivity contribution in [2.75, 3.05) is 6.61 Å². The van der Waals surface area contributed by atoms with Crippen molar-refractivity contribution in [3.05, 3.63) is 35.5 Å². The number of rotatable bonds is 3. The van der Waals surface area contributed by atoms with Gasteiger partial charge in [-0.25, -0.2) is 9.59 Å². The number of epoxide rings is 1. The minimum Gasteiger partial charge on any atom is -0.459 e. The second kappa shape index (κ2) is 7.22. The lowest BCUT2D eigenvalue weighted by molar-refractivity contribution is -0.160. The Kier molecular flexibility index (Phi) is 5.29. The summed E-state index contributed by atoms with van der Waals surface area (Å²) in [5, 5.41) is 19.7. The minimum absolute atomic E-state index is 0.249. The van der Waals surface area contributed by atoms with E-state index in [1.54, 1.807) is 19.1 Å². The van der Waals surface area contributed by atoms with Crippen LogP contribution in [0.4, 0.5) is 0 Å². The Morgan fingerprint density at radius 3 is 2.56 bits per heavy atom. The largest absolute Gasteiger partial charge is 0.459 e. The first kappa shape index (κ1) is 19.8. The zero-order valence-electron chi connectivity index (χ0n) is 15.8. The minimum atomic E-state index is -1.35. The van der Waals surface area contributed by atoms with Crippen LogP contribution >= 0.6 is 0 Å². The number of hydrogen-bond acceptors (Lipinski definition) is 7. The number of carbonyl (C=O) groups excluding carboxylic acids is 2. The molecule has 6 atom stereocenters. The molecule has 7 nitrogen and oxygen atoms in total. The van der Waals surface area contributed by atoms with Crippen LogP contribution in [-0.2, 0) is 23.8 Å². The maximum Gasteiger partial charge on any atom is 0.343 e. The van der Waals surface area contributed by atoms with Crippen molar-refractivity contribution in [2.24, 2.45) is 5.92 Å². The van der Waals surface area contributed by atoms with Gasteiger partial charge in [0.1, 0.15) is 12.2 Å². The molecule has 2 heterocycles. The lowest BCUT2D eigenvalue weighted by atomic mass is 9.85. The van der Waals surface area contributed by atoms with E-state index in [9.17, 15) is 19.8 Å². The standard InChI is InChI=1S/C20H26O7/c1-10-5-14(22)6-11(2)8-16(17-12(3)18(23)25-15(17)7-10)26-19(24)20(9-21)13(4)27-20/h6-7,13-17,21-22H,3,5,8-9H2,1-2,4H3/b10-7+,11-6+/t13?,14-,15+,16+,17-,20?/m0/s1. The lowest BCUT2D eigenvalue weighted by Gasteiger charge is -2.28. The number of aliphatic hydroxyl groups excluding tert-OH is 2. The topological polar surface area (TPSA) is 106 Å². The van der Waals surface area contributed by atoms with E-state index < -0.39 is 54.5 Å². The van der Waals surface area contributed by atoms with Crippen molar-refractivity contribution in [3.63, 3.8) is 0 Å². The summed E-state index contributed by atoms with van der Waals surface area (Å²) in [6.07, 6.45) is 1.76. The van der Waals surface area contributed by atoms with E-state index >= 15 is 0 Å². The van der Waals surface area contributed by atoms with Crippen molar-refractivity contribution >= 4 is 11.9 Å². The molecule has 0 saturated carbocycles. The number of hydrogen-bond donors (Lipinski definition) is 2. The van der Waals surface area contributed by atoms with Crippen LogP contribution < -0.4 is 0 Å². The molecule has 0 aromatic rings. The molecular weight excluding hydrogens is 352 g/mol. The molecule has 2 fully saturated rings. The fourth-order valence-electron chi connectivity index (χ4n) is 3.84. The highest BCUT2D eigenvalue weighted by Crippen LogP contribution is 2.40. The Hall–Kier alpha value is -1.96. The van der Waals surface area contributed by atoms with E-state index in [2.05, 4.69) is 6.58 Å². The SMILES string of the molecule is C=C1C(=O)O[C@@H]2/C=C(\C)C[C@H](O)/C=C(\C)C[C@@H](OC(=O)C3(CO)OC3C)[C@@H]12. The van der Waals surface area contributed by atoms with Gasteiger partial charge in [-0.05, 0) is 33.3 Å². The van der Waals surface area contributed by atoms with Gasteiger partial charge in [0.25, 0.3) is 0 Å². The Labute approximate surface area is 158 Å². The summed E-state index contributed by atoms with van der Waals surface area (Å²) < 4.78 is 16.4. The van der Waals surface area contributed by atoms with Crippen LogP contribution in [-0.4, -0.2) is 58.8 Å².